The van der Waals surface area contributed by atoms with Crippen LogP contribution in [-0.4, -0.2) is 24.9 Å². The summed E-state index contributed by atoms with van der Waals surface area (Å²) in [7, 11) is 1.31. The highest BCUT2D eigenvalue weighted by Gasteiger charge is 2.13. The molecule has 6 heteroatoms. The summed E-state index contributed by atoms with van der Waals surface area (Å²) >= 11 is 4.62. The highest BCUT2D eigenvalue weighted by Crippen LogP contribution is 2.20. The molecule has 3 nitrogen and oxygen atoms in total. The van der Waals surface area contributed by atoms with E-state index in [4.69, 9.17) is 5.73 Å². The molecule has 2 N–H and O–H groups in total. The lowest BCUT2D eigenvalue weighted by Crippen LogP contribution is -2.33. The molecular formula is C11H13BrFNO2S. The van der Waals surface area contributed by atoms with Crippen LogP contribution in [0.15, 0.2) is 22.7 Å². The standard InChI is InChI=1S/C11H13BrFNO2S/c1-16-11(15)10(14)6-17-5-7-2-3-9(13)8(12)4-7/h2-4,10H,5-6,14H2,1H3. The van der Waals surface area contributed by atoms with E-state index in [1.54, 1.807) is 12.1 Å². The number of esters is 1. The molecule has 0 aromatic heterocycles. The lowest BCUT2D eigenvalue weighted by molar-refractivity contribution is -0.141. The topological polar surface area (TPSA) is 52.3 Å². The van der Waals surface area contributed by atoms with E-state index in [2.05, 4.69) is 20.7 Å². The van der Waals surface area contributed by atoms with E-state index >= 15 is 0 Å². The van der Waals surface area contributed by atoms with E-state index < -0.39 is 12.0 Å². The van der Waals surface area contributed by atoms with Gasteiger partial charge < -0.3 is 10.5 Å². The number of benzene rings is 1. The first-order chi connectivity index (χ1) is 8.04. The number of carbonyl (C=O) groups is 1. The van der Waals surface area contributed by atoms with Crippen LogP contribution in [0.4, 0.5) is 4.39 Å². The molecule has 1 aromatic carbocycles. The summed E-state index contributed by atoms with van der Waals surface area (Å²) in [5, 5.41) is 0. The van der Waals surface area contributed by atoms with Gasteiger partial charge in [-0.15, -0.1) is 0 Å². The maximum Gasteiger partial charge on any atom is 0.323 e. The summed E-state index contributed by atoms with van der Waals surface area (Å²) < 4.78 is 17.9. The molecule has 1 aromatic rings. The Balaban J connectivity index is 2.40. The molecule has 0 fully saturated rings. The average molecular weight is 322 g/mol. The number of hydrogen-bond donors (Lipinski definition) is 1. The second-order valence-corrected chi connectivity index (χ2v) is 5.28. The Kier molecular flexibility index (Phi) is 5.94. The molecule has 0 amide bonds. The van der Waals surface area contributed by atoms with Crippen molar-refractivity contribution in [3.63, 3.8) is 0 Å². The third-order valence-corrected chi connectivity index (χ3v) is 3.79. The number of thioether (sulfide) groups is 1. The van der Waals surface area contributed by atoms with Gasteiger partial charge in [0.15, 0.2) is 0 Å². The van der Waals surface area contributed by atoms with Gasteiger partial charge in [-0.2, -0.15) is 11.8 Å². The van der Waals surface area contributed by atoms with Crippen LogP contribution in [0.3, 0.4) is 0 Å². The van der Waals surface area contributed by atoms with Crippen molar-refractivity contribution in [2.24, 2.45) is 5.73 Å². The zero-order chi connectivity index (χ0) is 12.8. The molecule has 0 saturated carbocycles. The van der Waals surface area contributed by atoms with Crippen LogP contribution in [0.5, 0.6) is 0 Å². The van der Waals surface area contributed by atoms with Crippen molar-refractivity contribution in [2.45, 2.75) is 11.8 Å². The Bertz CT molecular complexity index is 403. The molecule has 0 heterocycles. The van der Waals surface area contributed by atoms with Crippen molar-refractivity contribution in [3.05, 3.63) is 34.1 Å². The first-order valence-electron chi connectivity index (χ1n) is 4.89. The number of halogens is 2. The fourth-order valence-electron chi connectivity index (χ4n) is 1.15. The van der Waals surface area contributed by atoms with Crippen molar-refractivity contribution in [2.75, 3.05) is 12.9 Å². The number of carbonyl (C=O) groups excluding carboxylic acids is 1. The highest BCUT2D eigenvalue weighted by molar-refractivity contribution is 9.10. The van der Waals surface area contributed by atoms with Gasteiger partial charge >= 0.3 is 5.97 Å². The molecule has 1 unspecified atom stereocenters. The van der Waals surface area contributed by atoms with Gasteiger partial charge in [0.2, 0.25) is 0 Å². The van der Waals surface area contributed by atoms with E-state index in [0.29, 0.717) is 16.0 Å². The van der Waals surface area contributed by atoms with E-state index in [9.17, 15) is 9.18 Å². The molecule has 0 aliphatic rings. The van der Waals surface area contributed by atoms with E-state index in [1.807, 2.05) is 0 Å². The lowest BCUT2D eigenvalue weighted by atomic mass is 10.2. The SMILES string of the molecule is COC(=O)C(N)CSCc1ccc(F)c(Br)c1. The smallest absolute Gasteiger partial charge is 0.323 e. The molecule has 94 valence electrons. The predicted molar refractivity (Wildman–Crippen MR) is 70.3 cm³/mol. The van der Waals surface area contributed by atoms with Crippen LogP contribution in [-0.2, 0) is 15.3 Å². The minimum absolute atomic E-state index is 0.287. The molecule has 0 saturated heterocycles. The number of nitrogens with two attached hydrogens (primary N) is 1. The Morgan fingerprint density at radius 2 is 2.35 bits per heavy atom. The monoisotopic (exact) mass is 321 g/mol. The molecule has 1 atom stereocenters. The zero-order valence-electron chi connectivity index (χ0n) is 9.28. The molecular weight excluding hydrogens is 309 g/mol. The first-order valence-corrected chi connectivity index (χ1v) is 6.84. The van der Waals surface area contributed by atoms with Crippen molar-refractivity contribution in [1.82, 2.24) is 0 Å². The quantitative estimate of drug-likeness (QED) is 0.846. The van der Waals surface area contributed by atoms with Gasteiger partial charge in [0.05, 0.1) is 11.6 Å². The van der Waals surface area contributed by atoms with Crippen LogP contribution in [0, 0.1) is 5.82 Å². The number of hydrogen-bond acceptors (Lipinski definition) is 4. The van der Waals surface area contributed by atoms with Crippen molar-refractivity contribution in [3.8, 4) is 0 Å². The number of ether oxygens (including phenoxy) is 1. The Labute approximate surface area is 112 Å². The molecule has 17 heavy (non-hydrogen) atoms. The summed E-state index contributed by atoms with van der Waals surface area (Å²) in [6, 6.07) is 4.21. The maximum absolute atomic E-state index is 13.0. The first kappa shape index (κ1) is 14.5. The fourth-order valence-corrected chi connectivity index (χ4v) is 2.50. The number of rotatable bonds is 5. The fraction of sp³-hybridized carbons (Fsp3) is 0.364. The second-order valence-electron chi connectivity index (χ2n) is 3.39. The minimum Gasteiger partial charge on any atom is -0.468 e. The van der Waals surface area contributed by atoms with E-state index in [1.165, 1.54) is 24.9 Å². The molecule has 0 aliphatic carbocycles. The largest absolute Gasteiger partial charge is 0.468 e. The third-order valence-electron chi connectivity index (χ3n) is 2.05. The predicted octanol–water partition coefficient (Wildman–Crippen LogP) is 2.32. The van der Waals surface area contributed by atoms with E-state index in [0.717, 1.165) is 5.56 Å². The van der Waals surface area contributed by atoms with Gasteiger partial charge in [-0.1, -0.05) is 6.07 Å². The van der Waals surface area contributed by atoms with Gasteiger partial charge in [0.1, 0.15) is 11.9 Å². The Morgan fingerprint density at radius 1 is 1.65 bits per heavy atom. The minimum atomic E-state index is -0.617. The normalized spacial score (nSPS) is 12.2. The van der Waals surface area contributed by atoms with Crippen LogP contribution >= 0.6 is 27.7 Å². The van der Waals surface area contributed by atoms with Crippen molar-refractivity contribution < 1.29 is 13.9 Å². The van der Waals surface area contributed by atoms with Crippen LogP contribution in [0.2, 0.25) is 0 Å². The lowest BCUT2D eigenvalue weighted by Gasteiger charge is -2.08. The molecule has 0 aliphatic heterocycles. The summed E-state index contributed by atoms with van der Waals surface area (Å²) in [5.74, 6) is 0.438. The summed E-state index contributed by atoms with van der Waals surface area (Å²) in [5.41, 5.74) is 6.55. The molecule has 0 bridgehead atoms. The van der Waals surface area contributed by atoms with Gasteiger partial charge in [0.25, 0.3) is 0 Å². The van der Waals surface area contributed by atoms with Crippen molar-refractivity contribution >= 4 is 33.7 Å². The summed E-state index contributed by atoms with van der Waals surface area (Å²) in [6.07, 6.45) is 0. The van der Waals surface area contributed by atoms with Crippen LogP contribution in [0.1, 0.15) is 5.56 Å². The van der Waals surface area contributed by atoms with Gasteiger partial charge in [0, 0.05) is 11.5 Å². The Hall–Kier alpha value is -0.590. The van der Waals surface area contributed by atoms with Gasteiger partial charge in [-0.25, -0.2) is 4.39 Å². The van der Waals surface area contributed by atoms with Crippen molar-refractivity contribution in [1.29, 1.82) is 0 Å². The van der Waals surface area contributed by atoms with E-state index in [-0.39, 0.29) is 5.82 Å². The third kappa shape index (κ3) is 4.65. The highest BCUT2D eigenvalue weighted by atomic mass is 79.9. The second kappa shape index (κ2) is 6.98. The molecule has 1 rings (SSSR count). The average Bonchev–Trinajstić information content (AvgIpc) is 2.32. The summed E-state index contributed by atoms with van der Waals surface area (Å²) in [6.45, 7) is 0. The van der Waals surface area contributed by atoms with Gasteiger partial charge in [-0.05, 0) is 33.6 Å². The molecule has 0 radical (unpaired) electrons. The van der Waals surface area contributed by atoms with Crippen LogP contribution in [0.25, 0.3) is 0 Å². The maximum atomic E-state index is 13.0. The number of methoxy groups -OCH3 is 1. The Morgan fingerprint density at radius 3 is 2.94 bits per heavy atom. The molecule has 0 spiro atoms. The summed E-state index contributed by atoms with van der Waals surface area (Å²) in [4.78, 5) is 11.0. The van der Waals surface area contributed by atoms with Crippen LogP contribution < -0.4 is 5.73 Å². The van der Waals surface area contributed by atoms with Gasteiger partial charge in [-0.3, -0.25) is 4.79 Å². The zero-order valence-corrected chi connectivity index (χ0v) is 11.7.